The Kier molecular flexibility index (Phi) is 6.71. The van der Waals surface area contributed by atoms with Crippen molar-refractivity contribution in [2.45, 2.75) is 6.92 Å². The lowest BCUT2D eigenvalue weighted by Gasteiger charge is -2.14. The van der Waals surface area contributed by atoms with E-state index in [-0.39, 0.29) is 0 Å². The zero-order valence-corrected chi connectivity index (χ0v) is 15.4. The first-order valence-electron chi connectivity index (χ1n) is 8.29. The predicted molar refractivity (Wildman–Crippen MR) is 106 cm³/mol. The molecule has 1 heterocycles. The highest BCUT2D eigenvalue weighted by atomic mass is 16.5. The number of anilines is 1. The molecule has 0 aliphatic heterocycles. The van der Waals surface area contributed by atoms with Crippen molar-refractivity contribution in [1.82, 2.24) is 14.9 Å². The van der Waals surface area contributed by atoms with Gasteiger partial charge in [-0.05, 0) is 39.2 Å². The Labute approximate surface area is 149 Å². The van der Waals surface area contributed by atoms with Gasteiger partial charge in [0.15, 0.2) is 5.82 Å². The minimum atomic E-state index is 0.594. The summed E-state index contributed by atoms with van der Waals surface area (Å²) in [7, 11) is 5.73. The highest BCUT2D eigenvalue weighted by Crippen LogP contribution is 2.25. The highest BCUT2D eigenvalue weighted by Gasteiger charge is 2.12. The number of likely N-dealkylation sites (N-methyl/N-ethyl adjacent to an activating group) is 1. The second-order valence-electron chi connectivity index (χ2n) is 5.83. The van der Waals surface area contributed by atoms with Gasteiger partial charge in [-0.15, -0.1) is 0 Å². The number of rotatable bonds is 8. The van der Waals surface area contributed by atoms with Crippen molar-refractivity contribution >= 4 is 22.3 Å². The number of fused-ring (bicyclic) bond motifs is 1. The van der Waals surface area contributed by atoms with Crippen molar-refractivity contribution in [3.05, 3.63) is 60.7 Å². The Bertz CT molecular complexity index is 793. The van der Waals surface area contributed by atoms with Gasteiger partial charge in [0, 0.05) is 18.5 Å². The van der Waals surface area contributed by atoms with Crippen molar-refractivity contribution in [2.75, 3.05) is 39.6 Å². The van der Waals surface area contributed by atoms with Gasteiger partial charge >= 0.3 is 0 Å². The van der Waals surface area contributed by atoms with Crippen LogP contribution in [0.2, 0.25) is 0 Å². The molecule has 0 amide bonds. The fourth-order valence-electron chi connectivity index (χ4n) is 2.45. The van der Waals surface area contributed by atoms with Crippen LogP contribution in [0, 0.1) is 0 Å². The van der Waals surface area contributed by atoms with E-state index in [1.165, 1.54) is 0 Å². The van der Waals surface area contributed by atoms with Gasteiger partial charge < -0.3 is 15.0 Å². The number of allylic oxidation sites excluding steroid dienone is 4. The summed E-state index contributed by atoms with van der Waals surface area (Å²) in [6, 6.07) is 7.98. The van der Waals surface area contributed by atoms with Gasteiger partial charge in [-0.2, -0.15) is 0 Å². The normalized spacial score (nSPS) is 12.5. The Morgan fingerprint density at radius 1 is 1.28 bits per heavy atom. The molecule has 1 aromatic carbocycles. The van der Waals surface area contributed by atoms with Crippen LogP contribution in [0.15, 0.2) is 54.8 Å². The smallest absolute Gasteiger partial charge is 0.165 e. The van der Waals surface area contributed by atoms with Gasteiger partial charge in [0.25, 0.3) is 0 Å². The zero-order valence-electron chi connectivity index (χ0n) is 15.4. The number of hydrogen-bond acceptors (Lipinski definition) is 5. The summed E-state index contributed by atoms with van der Waals surface area (Å²) in [6.45, 7) is 7.56. The summed E-state index contributed by atoms with van der Waals surface area (Å²) >= 11 is 0. The molecule has 5 heteroatoms. The number of aromatic nitrogens is 2. The van der Waals surface area contributed by atoms with Crippen LogP contribution >= 0.6 is 0 Å². The van der Waals surface area contributed by atoms with E-state index in [9.17, 15) is 0 Å². The number of benzene rings is 1. The topological polar surface area (TPSA) is 50.3 Å². The lowest BCUT2D eigenvalue weighted by molar-refractivity contribution is 0.309. The standard InChI is InChI=1S/C20H26N4O/c1-6-10-18(25-5)15(7-2)20-22-17-12-9-8-11-16(17)19(23-20)21-13-14-24(3)4/h6-12H,2,13-14H2,1,3-5H3,(H,21,22,23)/b10-6-,18-15-. The SMILES string of the molecule is C=C/C(=C(\C=C/C)OC)c1nc(NCCN(C)C)c2ccccc2n1. The van der Waals surface area contributed by atoms with E-state index in [4.69, 9.17) is 14.7 Å². The van der Waals surface area contributed by atoms with Crippen LogP contribution in [-0.4, -0.2) is 49.2 Å². The van der Waals surface area contributed by atoms with E-state index < -0.39 is 0 Å². The summed E-state index contributed by atoms with van der Waals surface area (Å²) in [6.07, 6.45) is 5.53. The van der Waals surface area contributed by atoms with Crippen molar-refractivity contribution in [3.8, 4) is 0 Å². The molecule has 0 aliphatic rings. The molecule has 0 spiro atoms. The van der Waals surface area contributed by atoms with Gasteiger partial charge in [0.05, 0.1) is 18.2 Å². The van der Waals surface area contributed by atoms with Crippen molar-refractivity contribution in [2.24, 2.45) is 0 Å². The largest absolute Gasteiger partial charge is 0.496 e. The highest BCUT2D eigenvalue weighted by molar-refractivity contribution is 5.90. The number of nitrogens with one attached hydrogen (secondary N) is 1. The molecular weight excluding hydrogens is 312 g/mol. The molecule has 1 aromatic heterocycles. The van der Waals surface area contributed by atoms with E-state index in [2.05, 4.69) is 16.8 Å². The van der Waals surface area contributed by atoms with E-state index in [0.717, 1.165) is 35.4 Å². The third-order valence-electron chi connectivity index (χ3n) is 3.70. The first-order valence-corrected chi connectivity index (χ1v) is 8.29. The Morgan fingerprint density at radius 3 is 2.68 bits per heavy atom. The van der Waals surface area contributed by atoms with E-state index in [1.807, 2.05) is 57.4 Å². The summed E-state index contributed by atoms with van der Waals surface area (Å²) in [5.41, 5.74) is 1.65. The Hall–Kier alpha value is -2.66. The Balaban J connectivity index is 2.55. The molecule has 25 heavy (non-hydrogen) atoms. The minimum absolute atomic E-state index is 0.594. The van der Waals surface area contributed by atoms with Gasteiger partial charge in [0.2, 0.25) is 0 Å². The fourth-order valence-corrected chi connectivity index (χ4v) is 2.45. The molecule has 0 aliphatic carbocycles. The number of hydrogen-bond donors (Lipinski definition) is 1. The van der Waals surface area contributed by atoms with Crippen LogP contribution in [0.25, 0.3) is 16.5 Å². The van der Waals surface area contributed by atoms with Crippen LogP contribution in [0.3, 0.4) is 0 Å². The molecule has 0 saturated carbocycles. The van der Waals surface area contributed by atoms with Crippen LogP contribution in [-0.2, 0) is 4.74 Å². The molecule has 5 nitrogen and oxygen atoms in total. The third-order valence-corrected chi connectivity index (χ3v) is 3.70. The van der Waals surface area contributed by atoms with Crippen LogP contribution in [0.1, 0.15) is 12.7 Å². The van der Waals surface area contributed by atoms with Gasteiger partial charge in [-0.1, -0.05) is 30.9 Å². The molecule has 0 bridgehead atoms. The monoisotopic (exact) mass is 338 g/mol. The first-order chi connectivity index (χ1) is 12.1. The van der Waals surface area contributed by atoms with Crippen molar-refractivity contribution < 1.29 is 4.74 Å². The molecule has 0 atom stereocenters. The summed E-state index contributed by atoms with van der Waals surface area (Å²) in [4.78, 5) is 11.6. The first kappa shape index (κ1) is 18.7. The van der Waals surface area contributed by atoms with Gasteiger partial charge in [-0.25, -0.2) is 9.97 Å². The third kappa shape index (κ3) is 4.67. The van der Waals surface area contributed by atoms with E-state index in [1.54, 1.807) is 13.2 Å². The molecular formula is C20H26N4O. The maximum atomic E-state index is 5.48. The Morgan fingerprint density at radius 2 is 2.04 bits per heavy atom. The van der Waals surface area contributed by atoms with E-state index >= 15 is 0 Å². The minimum Gasteiger partial charge on any atom is -0.496 e. The maximum Gasteiger partial charge on any atom is 0.165 e. The van der Waals surface area contributed by atoms with Gasteiger partial charge in [0.1, 0.15) is 11.6 Å². The molecule has 2 aromatic rings. The molecule has 0 unspecified atom stereocenters. The second-order valence-corrected chi connectivity index (χ2v) is 5.83. The predicted octanol–water partition coefficient (Wildman–Crippen LogP) is 3.72. The lowest BCUT2D eigenvalue weighted by atomic mass is 10.1. The number of nitrogens with zero attached hydrogens (tertiary/aromatic N) is 3. The van der Waals surface area contributed by atoms with Crippen molar-refractivity contribution in [1.29, 1.82) is 0 Å². The molecule has 0 fully saturated rings. The van der Waals surface area contributed by atoms with Crippen LogP contribution in [0.5, 0.6) is 0 Å². The molecule has 0 radical (unpaired) electrons. The lowest BCUT2D eigenvalue weighted by Crippen LogP contribution is -2.21. The fraction of sp³-hybridized carbons (Fsp3) is 0.300. The van der Waals surface area contributed by atoms with Crippen molar-refractivity contribution in [3.63, 3.8) is 0 Å². The average Bonchev–Trinajstić information content (AvgIpc) is 2.61. The second kappa shape index (κ2) is 8.99. The molecule has 2 rings (SSSR count). The summed E-state index contributed by atoms with van der Waals surface area (Å²) < 4.78 is 5.48. The average molecular weight is 338 g/mol. The summed E-state index contributed by atoms with van der Waals surface area (Å²) in [5, 5.41) is 4.42. The molecule has 1 N–H and O–H groups in total. The quantitative estimate of drug-likeness (QED) is 0.587. The van der Waals surface area contributed by atoms with E-state index in [0.29, 0.717) is 11.6 Å². The molecule has 0 saturated heterocycles. The van der Waals surface area contributed by atoms with Crippen LogP contribution < -0.4 is 5.32 Å². The number of ether oxygens (including phenoxy) is 1. The van der Waals surface area contributed by atoms with Gasteiger partial charge in [-0.3, -0.25) is 0 Å². The summed E-state index contributed by atoms with van der Waals surface area (Å²) in [5.74, 6) is 2.10. The van der Waals surface area contributed by atoms with Crippen LogP contribution in [0.4, 0.5) is 5.82 Å². The maximum absolute atomic E-state index is 5.48. The number of para-hydroxylation sites is 1. The number of methoxy groups -OCH3 is 1. The zero-order chi connectivity index (χ0) is 18.2. The molecule has 132 valence electrons.